The fourth-order valence-electron chi connectivity index (χ4n) is 2.13. The molecule has 0 aromatic heterocycles. The minimum Gasteiger partial charge on any atom is -0.508 e. The number of carboxylic acid groups (broad SMARTS) is 1. The Morgan fingerprint density at radius 2 is 1.84 bits per heavy atom. The second kappa shape index (κ2) is 5.33. The van der Waals surface area contributed by atoms with Gasteiger partial charge in [0.1, 0.15) is 11.3 Å². The van der Waals surface area contributed by atoms with Crippen LogP contribution in [0.2, 0.25) is 0 Å². The molecule has 1 aromatic rings. The lowest BCUT2D eigenvalue weighted by Crippen LogP contribution is -2.58. The van der Waals surface area contributed by atoms with Crippen molar-refractivity contribution in [3.05, 3.63) is 17.7 Å². The standard InChI is InChI=1S/C12H18N2O5/c1-3-12(14-13,11(18)19)6(2)7-4-9(16)10(17)5-8(7)15/h4-6,14-17H,3,13H2,1-2H3,(H,18,19). The molecule has 0 aliphatic rings. The lowest BCUT2D eigenvalue weighted by molar-refractivity contribution is -0.146. The monoisotopic (exact) mass is 270 g/mol. The van der Waals surface area contributed by atoms with Crippen LogP contribution in [0.1, 0.15) is 31.7 Å². The van der Waals surface area contributed by atoms with Gasteiger partial charge in [-0.3, -0.25) is 10.6 Å². The quantitative estimate of drug-likeness (QED) is 0.199. The number of rotatable bonds is 5. The van der Waals surface area contributed by atoms with Crippen LogP contribution in [0.4, 0.5) is 0 Å². The Bertz CT molecular complexity index is 485. The van der Waals surface area contributed by atoms with Crippen LogP contribution in [0.3, 0.4) is 0 Å². The van der Waals surface area contributed by atoms with Crippen LogP contribution in [0, 0.1) is 0 Å². The molecule has 0 fully saturated rings. The third kappa shape index (κ3) is 2.42. The van der Waals surface area contributed by atoms with Crippen molar-refractivity contribution in [1.82, 2.24) is 5.43 Å². The molecule has 0 spiro atoms. The van der Waals surface area contributed by atoms with Gasteiger partial charge < -0.3 is 20.4 Å². The Morgan fingerprint density at radius 1 is 1.32 bits per heavy atom. The van der Waals surface area contributed by atoms with Crippen LogP contribution >= 0.6 is 0 Å². The molecule has 0 aliphatic carbocycles. The van der Waals surface area contributed by atoms with Gasteiger partial charge >= 0.3 is 5.97 Å². The number of carbonyl (C=O) groups is 1. The predicted molar refractivity (Wildman–Crippen MR) is 67.8 cm³/mol. The molecular weight excluding hydrogens is 252 g/mol. The zero-order valence-corrected chi connectivity index (χ0v) is 10.7. The molecule has 7 nitrogen and oxygen atoms in total. The highest BCUT2D eigenvalue weighted by molar-refractivity contribution is 5.80. The number of aromatic hydroxyl groups is 3. The normalized spacial score (nSPS) is 15.7. The fraction of sp³-hybridized carbons (Fsp3) is 0.417. The van der Waals surface area contributed by atoms with E-state index in [-0.39, 0.29) is 17.7 Å². The molecule has 1 aromatic carbocycles. The number of aliphatic carboxylic acids is 1. The first kappa shape index (κ1) is 15.1. The van der Waals surface area contributed by atoms with Gasteiger partial charge in [0, 0.05) is 17.5 Å². The number of carboxylic acids is 1. The van der Waals surface area contributed by atoms with Gasteiger partial charge in [0.05, 0.1) is 0 Å². The largest absolute Gasteiger partial charge is 0.508 e. The van der Waals surface area contributed by atoms with Crippen LogP contribution in [-0.4, -0.2) is 31.9 Å². The van der Waals surface area contributed by atoms with Crippen LogP contribution in [0.15, 0.2) is 12.1 Å². The van der Waals surface area contributed by atoms with E-state index in [0.717, 1.165) is 12.1 Å². The smallest absolute Gasteiger partial charge is 0.325 e. The van der Waals surface area contributed by atoms with E-state index < -0.39 is 28.9 Å². The zero-order chi connectivity index (χ0) is 14.8. The Labute approximate surface area is 110 Å². The van der Waals surface area contributed by atoms with Gasteiger partial charge in [-0.1, -0.05) is 13.8 Å². The van der Waals surface area contributed by atoms with Crippen molar-refractivity contribution in [2.24, 2.45) is 5.84 Å². The minimum atomic E-state index is -1.49. The first-order valence-corrected chi connectivity index (χ1v) is 5.76. The van der Waals surface area contributed by atoms with E-state index in [1.54, 1.807) is 13.8 Å². The average Bonchev–Trinajstić information content (AvgIpc) is 2.35. The highest BCUT2D eigenvalue weighted by atomic mass is 16.4. The second-order valence-corrected chi connectivity index (χ2v) is 4.40. The van der Waals surface area contributed by atoms with Crippen molar-refractivity contribution in [2.75, 3.05) is 0 Å². The maximum absolute atomic E-state index is 11.4. The van der Waals surface area contributed by atoms with Gasteiger partial charge in [0.15, 0.2) is 11.5 Å². The van der Waals surface area contributed by atoms with E-state index in [1.807, 2.05) is 0 Å². The number of nitrogens with two attached hydrogens (primary N) is 1. The Hall–Kier alpha value is -1.99. The fourth-order valence-corrected chi connectivity index (χ4v) is 2.13. The summed E-state index contributed by atoms with van der Waals surface area (Å²) < 4.78 is 0. The molecule has 0 saturated heterocycles. The lowest BCUT2D eigenvalue weighted by Gasteiger charge is -2.34. The van der Waals surface area contributed by atoms with E-state index in [1.165, 1.54) is 0 Å². The number of hydrogen-bond donors (Lipinski definition) is 6. The van der Waals surface area contributed by atoms with Crippen LogP contribution < -0.4 is 11.3 Å². The van der Waals surface area contributed by atoms with E-state index in [4.69, 9.17) is 5.84 Å². The van der Waals surface area contributed by atoms with E-state index >= 15 is 0 Å². The molecule has 0 aliphatic heterocycles. The molecule has 2 unspecified atom stereocenters. The molecule has 2 atom stereocenters. The third-order valence-electron chi connectivity index (χ3n) is 3.53. The van der Waals surface area contributed by atoms with Crippen molar-refractivity contribution >= 4 is 5.97 Å². The van der Waals surface area contributed by atoms with E-state index in [9.17, 15) is 25.2 Å². The summed E-state index contributed by atoms with van der Waals surface area (Å²) in [5.74, 6) is 2.23. The molecule has 19 heavy (non-hydrogen) atoms. The number of benzene rings is 1. The summed E-state index contributed by atoms with van der Waals surface area (Å²) in [6, 6.07) is 2.08. The van der Waals surface area contributed by atoms with Gasteiger partial charge in [-0.2, -0.15) is 0 Å². The summed E-state index contributed by atoms with van der Waals surface area (Å²) in [7, 11) is 0. The summed E-state index contributed by atoms with van der Waals surface area (Å²) in [6.07, 6.45) is 0.168. The molecule has 0 saturated carbocycles. The highest BCUT2D eigenvalue weighted by Crippen LogP contribution is 2.40. The molecule has 7 heteroatoms. The van der Waals surface area contributed by atoms with Gasteiger partial charge in [-0.05, 0) is 12.5 Å². The minimum absolute atomic E-state index is 0.168. The van der Waals surface area contributed by atoms with Crippen molar-refractivity contribution in [2.45, 2.75) is 31.7 Å². The summed E-state index contributed by atoms with van der Waals surface area (Å²) in [4.78, 5) is 11.4. The summed E-state index contributed by atoms with van der Waals surface area (Å²) >= 11 is 0. The number of phenolic OH excluding ortho intramolecular Hbond substituents is 3. The van der Waals surface area contributed by atoms with Crippen LogP contribution in [0.25, 0.3) is 0 Å². The van der Waals surface area contributed by atoms with Gasteiger partial charge in [-0.25, -0.2) is 5.43 Å². The maximum Gasteiger partial charge on any atom is 0.325 e. The maximum atomic E-state index is 11.4. The summed E-state index contributed by atoms with van der Waals surface area (Å²) in [6.45, 7) is 3.20. The predicted octanol–water partition coefficient (Wildman–Crippen LogP) is 0.604. The lowest BCUT2D eigenvalue weighted by atomic mass is 9.78. The molecule has 7 N–H and O–H groups in total. The van der Waals surface area contributed by atoms with Crippen molar-refractivity contribution in [3.8, 4) is 17.2 Å². The number of phenols is 3. The first-order chi connectivity index (χ1) is 8.80. The Balaban J connectivity index is 3.36. The number of nitrogens with one attached hydrogen (secondary N) is 1. The van der Waals surface area contributed by atoms with Crippen molar-refractivity contribution < 1.29 is 25.2 Å². The van der Waals surface area contributed by atoms with Crippen molar-refractivity contribution in [1.29, 1.82) is 0 Å². The molecule has 1 rings (SSSR count). The Kier molecular flexibility index (Phi) is 4.23. The first-order valence-electron chi connectivity index (χ1n) is 5.76. The van der Waals surface area contributed by atoms with Gasteiger partial charge in [0.2, 0.25) is 0 Å². The molecular formula is C12H18N2O5. The van der Waals surface area contributed by atoms with Crippen LogP contribution in [-0.2, 0) is 4.79 Å². The zero-order valence-electron chi connectivity index (χ0n) is 10.7. The average molecular weight is 270 g/mol. The molecule has 0 heterocycles. The van der Waals surface area contributed by atoms with Gasteiger partial charge in [0.25, 0.3) is 0 Å². The summed E-state index contributed by atoms with van der Waals surface area (Å²) in [5.41, 5.74) is 0.962. The second-order valence-electron chi connectivity index (χ2n) is 4.40. The topological polar surface area (TPSA) is 136 Å². The highest BCUT2D eigenvalue weighted by Gasteiger charge is 2.43. The molecule has 0 radical (unpaired) electrons. The Morgan fingerprint density at radius 3 is 2.26 bits per heavy atom. The molecule has 0 amide bonds. The number of hydrogen-bond acceptors (Lipinski definition) is 6. The summed E-state index contributed by atoms with van der Waals surface area (Å²) in [5, 5.41) is 37.9. The molecule has 0 bridgehead atoms. The van der Waals surface area contributed by atoms with E-state index in [0.29, 0.717) is 0 Å². The molecule has 106 valence electrons. The van der Waals surface area contributed by atoms with Crippen LogP contribution in [0.5, 0.6) is 17.2 Å². The third-order valence-corrected chi connectivity index (χ3v) is 3.53. The SMILES string of the molecule is CCC(NN)(C(=O)O)C(C)c1cc(O)c(O)cc1O. The van der Waals surface area contributed by atoms with E-state index in [2.05, 4.69) is 5.43 Å². The number of hydrazine groups is 1. The van der Waals surface area contributed by atoms with Gasteiger partial charge in [-0.15, -0.1) is 0 Å². The van der Waals surface area contributed by atoms with Crippen molar-refractivity contribution in [3.63, 3.8) is 0 Å².